The van der Waals surface area contributed by atoms with Crippen molar-refractivity contribution in [3.63, 3.8) is 0 Å². The highest BCUT2D eigenvalue weighted by Gasteiger charge is 2.04. The molecule has 0 fully saturated rings. The molecule has 4 aromatic rings. The number of allylic oxidation sites excluding steroid dienone is 2. The van der Waals surface area contributed by atoms with Crippen molar-refractivity contribution in [2.75, 3.05) is 13.2 Å². The molecule has 182 valence electrons. The highest BCUT2D eigenvalue weighted by molar-refractivity contribution is 7.11. The molecule has 0 spiro atoms. The maximum absolute atomic E-state index is 12.3. The van der Waals surface area contributed by atoms with Gasteiger partial charge in [-0.1, -0.05) is 12.1 Å². The Bertz CT molecular complexity index is 1180. The van der Waals surface area contributed by atoms with E-state index in [4.69, 9.17) is 9.47 Å². The van der Waals surface area contributed by atoms with Crippen LogP contribution in [0.3, 0.4) is 0 Å². The molecule has 36 heavy (non-hydrogen) atoms. The lowest BCUT2D eigenvalue weighted by Gasteiger charge is -2.08. The second-order valence-corrected chi connectivity index (χ2v) is 9.84. The first-order valence-corrected chi connectivity index (χ1v) is 13.4. The summed E-state index contributed by atoms with van der Waals surface area (Å²) in [4.78, 5) is 26.6. The fourth-order valence-corrected chi connectivity index (χ4v) is 4.53. The van der Waals surface area contributed by atoms with Crippen molar-refractivity contribution in [1.82, 2.24) is 0 Å². The van der Waals surface area contributed by atoms with E-state index in [-0.39, 0.29) is 11.6 Å². The minimum Gasteiger partial charge on any atom is -0.494 e. The number of thiophene rings is 2. The molecule has 0 aliphatic heterocycles. The summed E-state index contributed by atoms with van der Waals surface area (Å²) in [5.74, 6) is 1.42. The largest absolute Gasteiger partial charge is 0.494 e. The van der Waals surface area contributed by atoms with Crippen LogP contribution in [0.25, 0.3) is 12.2 Å². The van der Waals surface area contributed by atoms with E-state index in [0.29, 0.717) is 24.3 Å². The van der Waals surface area contributed by atoms with Gasteiger partial charge in [0.15, 0.2) is 11.6 Å². The van der Waals surface area contributed by atoms with Crippen LogP contribution < -0.4 is 9.47 Å². The number of rotatable bonds is 13. The van der Waals surface area contributed by atoms with E-state index in [2.05, 4.69) is 0 Å². The van der Waals surface area contributed by atoms with Gasteiger partial charge in [0.1, 0.15) is 11.5 Å². The Morgan fingerprint density at radius 1 is 0.611 bits per heavy atom. The average Bonchev–Trinajstić information content (AvgIpc) is 3.63. The summed E-state index contributed by atoms with van der Waals surface area (Å²) >= 11 is 3.19. The van der Waals surface area contributed by atoms with E-state index >= 15 is 0 Å². The first-order chi connectivity index (χ1) is 17.7. The SMILES string of the molecule is O=C(/C=C/c1cccs1)c1ccc(OCCCCOc2ccc(C(=O)/C=C/c3cccs3)cc2)cc1. The van der Waals surface area contributed by atoms with E-state index in [0.717, 1.165) is 34.1 Å². The lowest BCUT2D eigenvalue weighted by molar-refractivity contribution is 0.103. The molecular formula is C30H26O4S2. The smallest absolute Gasteiger partial charge is 0.185 e. The molecule has 4 rings (SSSR count). The number of carbonyl (C=O) groups excluding carboxylic acids is 2. The standard InChI is InChI=1S/C30H26O4S2/c31-29(17-15-27-5-3-21-35-27)23-7-11-25(12-8-23)33-19-1-2-20-34-26-13-9-24(10-14-26)30(32)18-16-28-6-4-22-36-28/h3-18,21-22H,1-2,19-20H2/b17-15+,18-16+. The van der Waals surface area contributed by atoms with Crippen LogP contribution in [0.2, 0.25) is 0 Å². The summed E-state index contributed by atoms with van der Waals surface area (Å²) in [7, 11) is 0. The van der Waals surface area contributed by atoms with Gasteiger partial charge in [-0.3, -0.25) is 9.59 Å². The molecular weight excluding hydrogens is 488 g/mol. The van der Waals surface area contributed by atoms with Crippen LogP contribution in [0, 0.1) is 0 Å². The zero-order valence-corrected chi connectivity index (χ0v) is 21.3. The van der Waals surface area contributed by atoms with Crippen LogP contribution in [0.4, 0.5) is 0 Å². The topological polar surface area (TPSA) is 52.6 Å². The van der Waals surface area contributed by atoms with E-state index < -0.39 is 0 Å². The summed E-state index contributed by atoms with van der Waals surface area (Å²) in [6, 6.07) is 22.3. The van der Waals surface area contributed by atoms with Crippen molar-refractivity contribution < 1.29 is 19.1 Å². The lowest BCUT2D eigenvalue weighted by atomic mass is 10.1. The van der Waals surface area contributed by atoms with Gasteiger partial charge in [-0.2, -0.15) is 0 Å². The minimum absolute atomic E-state index is 0.0284. The molecule has 2 heterocycles. The van der Waals surface area contributed by atoms with Gasteiger partial charge in [0.2, 0.25) is 0 Å². The van der Waals surface area contributed by atoms with Crippen LogP contribution in [0.5, 0.6) is 11.5 Å². The molecule has 0 bridgehead atoms. The number of ether oxygens (including phenoxy) is 2. The quantitative estimate of drug-likeness (QED) is 0.104. The summed E-state index contributed by atoms with van der Waals surface area (Å²) < 4.78 is 11.6. The second-order valence-electron chi connectivity index (χ2n) is 7.88. The van der Waals surface area contributed by atoms with E-state index in [1.165, 1.54) is 0 Å². The predicted molar refractivity (Wildman–Crippen MR) is 148 cm³/mol. The van der Waals surface area contributed by atoms with Crippen LogP contribution in [-0.4, -0.2) is 24.8 Å². The van der Waals surface area contributed by atoms with Crippen LogP contribution in [-0.2, 0) is 0 Å². The first kappa shape index (κ1) is 25.4. The molecule has 0 radical (unpaired) electrons. The maximum atomic E-state index is 12.3. The molecule has 6 heteroatoms. The number of hydrogen-bond acceptors (Lipinski definition) is 6. The predicted octanol–water partition coefficient (Wildman–Crippen LogP) is 7.84. The fourth-order valence-electron chi connectivity index (χ4n) is 3.30. The normalized spacial score (nSPS) is 11.2. The average molecular weight is 515 g/mol. The number of benzene rings is 2. The van der Waals surface area contributed by atoms with E-state index in [9.17, 15) is 9.59 Å². The third kappa shape index (κ3) is 7.90. The Balaban J connectivity index is 1.12. The molecule has 0 saturated heterocycles. The molecule has 4 nitrogen and oxygen atoms in total. The Kier molecular flexibility index (Phi) is 9.42. The monoisotopic (exact) mass is 514 g/mol. The van der Waals surface area contributed by atoms with Crippen molar-refractivity contribution in [1.29, 1.82) is 0 Å². The number of ketones is 2. The van der Waals surface area contributed by atoms with Gasteiger partial charge >= 0.3 is 0 Å². The third-order valence-corrected chi connectivity index (χ3v) is 6.91. The number of unbranched alkanes of at least 4 members (excludes halogenated alkanes) is 1. The van der Waals surface area contributed by atoms with Crippen molar-refractivity contribution in [3.8, 4) is 11.5 Å². The molecule has 2 aromatic heterocycles. The number of hydrogen-bond donors (Lipinski definition) is 0. The maximum Gasteiger partial charge on any atom is 0.185 e. The molecule has 0 atom stereocenters. The fraction of sp³-hybridized carbons (Fsp3) is 0.133. The Hall–Kier alpha value is -3.74. The van der Waals surface area contributed by atoms with Gasteiger partial charge in [0.25, 0.3) is 0 Å². The zero-order chi connectivity index (χ0) is 25.0. The van der Waals surface area contributed by atoms with Gasteiger partial charge in [-0.05, 0) is 109 Å². The second kappa shape index (κ2) is 13.4. The van der Waals surface area contributed by atoms with Crippen molar-refractivity contribution in [2.24, 2.45) is 0 Å². The molecule has 0 aliphatic rings. The van der Waals surface area contributed by atoms with Crippen molar-refractivity contribution in [2.45, 2.75) is 12.8 Å². The first-order valence-electron chi connectivity index (χ1n) is 11.6. The third-order valence-electron chi connectivity index (χ3n) is 5.24. The van der Waals surface area contributed by atoms with Gasteiger partial charge in [0, 0.05) is 20.9 Å². The summed E-state index contributed by atoms with van der Waals surface area (Å²) in [6.07, 6.45) is 8.53. The van der Waals surface area contributed by atoms with Gasteiger partial charge < -0.3 is 9.47 Å². The summed E-state index contributed by atoms with van der Waals surface area (Å²) in [6.45, 7) is 1.14. The van der Waals surface area contributed by atoms with Crippen molar-refractivity contribution in [3.05, 3.63) is 117 Å². The highest BCUT2D eigenvalue weighted by atomic mass is 32.1. The number of carbonyl (C=O) groups is 2. The Morgan fingerprint density at radius 3 is 1.39 bits per heavy atom. The van der Waals surface area contributed by atoms with Crippen LogP contribution in [0.1, 0.15) is 43.3 Å². The van der Waals surface area contributed by atoms with Crippen molar-refractivity contribution >= 4 is 46.4 Å². The van der Waals surface area contributed by atoms with E-state index in [1.54, 1.807) is 59.1 Å². The molecule has 0 N–H and O–H groups in total. The van der Waals surface area contributed by atoms with E-state index in [1.807, 2.05) is 71.4 Å². The highest BCUT2D eigenvalue weighted by Crippen LogP contribution is 2.17. The van der Waals surface area contributed by atoms with Gasteiger partial charge in [0.05, 0.1) is 13.2 Å². The zero-order valence-electron chi connectivity index (χ0n) is 19.7. The van der Waals surface area contributed by atoms with Gasteiger partial charge in [-0.15, -0.1) is 22.7 Å². The Labute approximate surface area is 219 Å². The molecule has 0 aliphatic carbocycles. The lowest BCUT2D eigenvalue weighted by Crippen LogP contribution is -2.03. The van der Waals surface area contributed by atoms with Gasteiger partial charge in [-0.25, -0.2) is 0 Å². The Morgan fingerprint density at radius 2 is 1.03 bits per heavy atom. The molecule has 0 saturated carbocycles. The molecule has 0 amide bonds. The summed E-state index contributed by atoms with van der Waals surface area (Å²) in [5.41, 5.74) is 1.27. The minimum atomic E-state index is -0.0284. The van der Waals surface area contributed by atoms with Crippen LogP contribution >= 0.6 is 22.7 Å². The molecule has 2 aromatic carbocycles. The summed E-state index contributed by atoms with van der Waals surface area (Å²) in [5, 5.41) is 3.96. The van der Waals surface area contributed by atoms with Crippen LogP contribution in [0.15, 0.2) is 95.7 Å². The molecule has 0 unspecified atom stereocenters.